The summed E-state index contributed by atoms with van der Waals surface area (Å²) in [6, 6.07) is 13.8. The molecule has 0 radical (unpaired) electrons. The smallest absolute Gasteiger partial charge is 0.331 e. The molecule has 24 heavy (non-hydrogen) atoms. The maximum absolute atomic E-state index is 12.3. The lowest BCUT2D eigenvalue weighted by Crippen LogP contribution is -2.41. The number of ether oxygens (including phenoxy) is 1. The maximum atomic E-state index is 12.3. The molecule has 0 unspecified atom stereocenters. The molecule has 122 valence electrons. The first kappa shape index (κ1) is 15.7. The van der Waals surface area contributed by atoms with E-state index in [1.165, 1.54) is 6.92 Å². The second-order valence-corrected chi connectivity index (χ2v) is 5.48. The van der Waals surface area contributed by atoms with Gasteiger partial charge in [0, 0.05) is 11.3 Å². The molecule has 0 aliphatic carbocycles. The summed E-state index contributed by atoms with van der Waals surface area (Å²) < 4.78 is 5.15. The van der Waals surface area contributed by atoms with E-state index in [2.05, 4.69) is 5.32 Å². The Morgan fingerprint density at radius 3 is 2.75 bits per heavy atom. The van der Waals surface area contributed by atoms with E-state index >= 15 is 0 Å². The van der Waals surface area contributed by atoms with Crippen molar-refractivity contribution in [2.45, 2.75) is 6.92 Å². The minimum absolute atomic E-state index is 0.0103. The van der Waals surface area contributed by atoms with E-state index in [9.17, 15) is 14.4 Å². The second-order valence-electron chi connectivity index (χ2n) is 5.48. The zero-order chi connectivity index (χ0) is 17.1. The number of rotatable bonds is 4. The minimum atomic E-state index is -0.403. The van der Waals surface area contributed by atoms with Gasteiger partial charge in [0.1, 0.15) is 6.54 Å². The Labute approximate surface area is 139 Å². The SMILES string of the molecule is CC(=O)c1cccc(NC(=O)CN2CC(=O)Oc3ccccc32)c1. The van der Waals surface area contributed by atoms with Crippen LogP contribution in [-0.2, 0) is 9.59 Å². The van der Waals surface area contributed by atoms with Crippen molar-refractivity contribution in [1.29, 1.82) is 0 Å². The molecule has 0 saturated heterocycles. The summed E-state index contributed by atoms with van der Waals surface area (Å²) in [4.78, 5) is 37.0. The predicted molar refractivity (Wildman–Crippen MR) is 89.4 cm³/mol. The highest BCUT2D eigenvalue weighted by atomic mass is 16.5. The van der Waals surface area contributed by atoms with E-state index in [0.717, 1.165) is 0 Å². The van der Waals surface area contributed by atoms with Crippen LogP contribution >= 0.6 is 0 Å². The van der Waals surface area contributed by atoms with Crippen LogP contribution in [0.3, 0.4) is 0 Å². The number of Topliss-reactive ketones (excluding diaryl/α,β-unsaturated/α-hetero) is 1. The number of fused-ring (bicyclic) bond motifs is 1. The normalized spacial score (nSPS) is 13.0. The zero-order valence-electron chi connectivity index (χ0n) is 13.1. The Balaban J connectivity index is 1.72. The van der Waals surface area contributed by atoms with Crippen molar-refractivity contribution in [2.24, 2.45) is 0 Å². The van der Waals surface area contributed by atoms with Crippen LogP contribution in [0, 0.1) is 0 Å². The Morgan fingerprint density at radius 2 is 1.96 bits per heavy atom. The van der Waals surface area contributed by atoms with Crippen molar-refractivity contribution in [2.75, 3.05) is 23.3 Å². The van der Waals surface area contributed by atoms with Gasteiger partial charge >= 0.3 is 5.97 Å². The topological polar surface area (TPSA) is 75.7 Å². The highest BCUT2D eigenvalue weighted by molar-refractivity contribution is 5.99. The van der Waals surface area contributed by atoms with Gasteiger partial charge < -0.3 is 15.0 Å². The average molecular weight is 324 g/mol. The average Bonchev–Trinajstić information content (AvgIpc) is 2.54. The number of hydrogen-bond donors (Lipinski definition) is 1. The number of nitrogens with zero attached hydrogens (tertiary/aromatic N) is 1. The minimum Gasteiger partial charge on any atom is -0.423 e. The summed E-state index contributed by atoms with van der Waals surface area (Å²) in [6.45, 7) is 1.49. The van der Waals surface area contributed by atoms with Crippen LogP contribution in [0.15, 0.2) is 48.5 Å². The van der Waals surface area contributed by atoms with Crippen LogP contribution < -0.4 is 15.0 Å². The molecule has 0 aromatic heterocycles. The number of carbonyl (C=O) groups is 3. The van der Waals surface area contributed by atoms with Crippen LogP contribution in [0.4, 0.5) is 11.4 Å². The third-order valence-electron chi connectivity index (χ3n) is 3.64. The highest BCUT2D eigenvalue weighted by Crippen LogP contribution is 2.31. The van der Waals surface area contributed by atoms with E-state index in [1.54, 1.807) is 47.4 Å². The number of carbonyl (C=O) groups excluding carboxylic acids is 3. The van der Waals surface area contributed by atoms with Gasteiger partial charge in [0.15, 0.2) is 11.5 Å². The first-order valence-electron chi connectivity index (χ1n) is 7.48. The van der Waals surface area contributed by atoms with Crippen LogP contribution in [0.25, 0.3) is 0 Å². The molecule has 1 N–H and O–H groups in total. The van der Waals surface area contributed by atoms with E-state index in [1.807, 2.05) is 6.07 Å². The van der Waals surface area contributed by atoms with Crippen molar-refractivity contribution in [1.82, 2.24) is 0 Å². The number of ketones is 1. The fourth-order valence-corrected chi connectivity index (χ4v) is 2.53. The van der Waals surface area contributed by atoms with Crippen LogP contribution in [-0.4, -0.2) is 30.7 Å². The molecular formula is C18H16N2O4. The molecule has 0 bridgehead atoms. The van der Waals surface area contributed by atoms with E-state index in [4.69, 9.17) is 4.74 Å². The number of anilines is 2. The van der Waals surface area contributed by atoms with Crippen LogP contribution in [0.1, 0.15) is 17.3 Å². The molecule has 6 nitrogen and oxygen atoms in total. The van der Waals surface area contributed by atoms with Crippen molar-refractivity contribution < 1.29 is 19.1 Å². The molecule has 1 aliphatic rings. The van der Waals surface area contributed by atoms with Crippen molar-refractivity contribution in [3.05, 3.63) is 54.1 Å². The first-order valence-corrected chi connectivity index (χ1v) is 7.48. The fourth-order valence-electron chi connectivity index (χ4n) is 2.53. The largest absolute Gasteiger partial charge is 0.423 e. The molecule has 1 aliphatic heterocycles. The van der Waals surface area contributed by atoms with Crippen molar-refractivity contribution in [3.63, 3.8) is 0 Å². The van der Waals surface area contributed by atoms with Crippen LogP contribution in [0.5, 0.6) is 5.75 Å². The molecule has 1 heterocycles. The molecule has 1 amide bonds. The quantitative estimate of drug-likeness (QED) is 0.530. The molecule has 6 heteroatoms. The predicted octanol–water partition coefficient (Wildman–Crippen LogP) is 2.25. The van der Waals surface area contributed by atoms with Gasteiger partial charge in [-0.05, 0) is 31.2 Å². The van der Waals surface area contributed by atoms with Gasteiger partial charge in [-0.25, -0.2) is 4.79 Å². The maximum Gasteiger partial charge on any atom is 0.331 e. The van der Waals surface area contributed by atoms with Gasteiger partial charge in [-0.3, -0.25) is 9.59 Å². The van der Waals surface area contributed by atoms with Gasteiger partial charge in [-0.1, -0.05) is 24.3 Å². The molecular weight excluding hydrogens is 308 g/mol. The van der Waals surface area contributed by atoms with Gasteiger partial charge in [-0.15, -0.1) is 0 Å². The number of hydrogen-bond acceptors (Lipinski definition) is 5. The fraction of sp³-hybridized carbons (Fsp3) is 0.167. The van der Waals surface area contributed by atoms with Crippen molar-refractivity contribution >= 4 is 29.0 Å². The van der Waals surface area contributed by atoms with Gasteiger partial charge in [0.2, 0.25) is 5.91 Å². The zero-order valence-corrected chi connectivity index (χ0v) is 13.1. The lowest BCUT2D eigenvalue weighted by atomic mass is 10.1. The monoisotopic (exact) mass is 324 g/mol. The van der Waals surface area contributed by atoms with Gasteiger partial charge in [0.05, 0.1) is 12.2 Å². The summed E-state index contributed by atoms with van der Waals surface area (Å²) in [5.41, 5.74) is 1.77. The van der Waals surface area contributed by atoms with E-state index in [-0.39, 0.29) is 24.8 Å². The Kier molecular flexibility index (Phi) is 4.29. The van der Waals surface area contributed by atoms with E-state index in [0.29, 0.717) is 22.7 Å². The third-order valence-corrected chi connectivity index (χ3v) is 3.64. The Bertz CT molecular complexity index is 816. The Hall–Kier alpha value is -3.15. The highest BCUT2D eigenvalue weighted by Gasteiger charge is 2.25. The standard InChI is InChI=1S/C18H16N2O4/c1-12(21)13-5-4-6-14(9-13)19-17(22)10-20-11-18(23)24-16-8-3-2-7-15(16)20/h2-9H,10-11H2,1H3,(H,19,22). The molecule has 2 aromatic rings. The molecule has 2 aromatic carbocycles. The molecule has 3 rings (SSSR count). The second kappa shape index (κ2) is 6.54. The number of esters is 1. The first-order chi connectivity index (χ1) is 11.5. The lowest BCUT2D eigenvalue weighted by molar-refractivity contribution is -0.133. The summed E-state index contributed by atoms with van der Waals surface area (Å²) in [6.07, 6.45) is 0. The van der Waals surface area contributed by atoms with Gasteiger partial charge in [0.25, 0.3) is 0 Å². The third kappa shape index (κ3) is 3.43. The van der Waals surface area contributed by atoms with Gasteiger partial charge in [-0.2, -0.15) is 0 Å². The summed E-state index contributed by atoms with van der Waals surface area (Å²) >= 11 is 0. The lowest BCUT2D eigenvalue weighted by Gasteiger charge is -2.29. The number of nitrogens with one attached hydrogen (secondary N) is 1. The summed E-state index contributed by atoms with van der Waals surface area (Å²) in [7, 11) is 0. The summed E-state index contributed by atoms with van der Waals surface area (Å²) in [5, 5.41) is 2.75. The summed E-state index contributed by atoms with van der Waals surface area (Å²) in [5.74, 6) is -0.306. The van der Waals surface area contributed by atoms with E-state index < -0.39 is 5.97 Å². The van der Waals surface area contributed by atoms with Crippen LogP contribution in [0.2, 0.25) is 0 Å². The molecule has 0 spiro atoms. The molecule has 0 saturated carbocycles. The molecule has 0 fully saturated rings. The number of para-hydroxylation sites is 2. The molecule has 0 atom stereocenters. The Morgan fingerprint density at radius 1 is 1.17 bits per heavy atom. The number of amides is 1. The number of benzene rings is 2. The van der Waals surface area contributed by atoms with Crippen molar-refractivity contribution in [3.8, 4) is 5.75 Å².